The van der Waals surface area contributed by atoms with Crippen LogP contribution >= 0.6 is 31.9 Å². The molecule has 21 heavy (non-hydrogen) atoms. The van der Waals surface area contributed by atoms with Crippen LogP contribution in [0.5, 0.6) is 0 Å². The summed E-state index contributed by atoms with van der Waals surface area (Å²) >= 11 is 7.03. The second-order valence-electron chi connectivity index (χ2n) is 6.77. The van der Waals surface area contributed by atoms with Gasteiger partial charge in [0, 0.05) is 29.9 Å². The molecule has 2 aliphatic heterocycles. The van der Waals surface area contributed by atoms with Gasteiger partial charge in [-0.25, -0.2) is 0 Å². The van der Waals surface area contributed by atoms with Crippen molar-refractivity contribution in [1.82, 2.24) is 0 Å². The van der Waals surface area contributed by atoms with Gasteiger partial charge in [-0.05, 0) is 27.7 Å². The lowest BCUT2D eigenvalue weighted by Gasteiger charge is -2.44. The maximum atomic E-state index is 6.07. The highest BCUT2D eigenvalue weighted by atomic mass is 79.9. The summed E-state index contributed by atoms with van der Waals surface area (Å²) in [6.07, 6.45) is 3.38. The molecule has 0 radical (unpaired) electrons. The fourth-order valence-corrected chi connectivity index (χ4v) is 4.00. The first-order valence-corrected chi connectivity index (χ1v) is 9.80. The number of halogens is 2. The summed E-state index contributed by atoms with van der Waals surface area (Å²) in [6.45, 7) is 7.91. The van der Waals surface area contributed by atoms with E-state index >= 15 is 0 Å². The van der Waals surface area contributed by atoms with Crippen molar-refractivity contribution in [2.24, 2.45) is 0 Å². The van der Waals surface area contributed by atoms with Gasteiger partial charge in [-0.1, -0.05) is 31.9 Å². The molecule has 4 atom stereocenters. The molecule has 2 heterocycles. The first kappa shape index (κ1) is 18.1. The Labute approximate surface area is 144 Å². The molecule has 0 aromatic carbocycles. The molecule has 0 saturated carbocycles. The molecule has 0 unspecified atom stereocenters. The average Bonchev–Trinajstić information content (AvgIpc) is 2.34. The van der Waals surface area contributed by atoms with E-state index in [-0.39, 0.29) is 24.4 Å². The van der Waals surface area contributed by atoms with E-state index in [4.69, 9.17) is 18.9 Å². The third-order valence-electron chi connectivity index (χ3n) is 3.72. The van der Waals surface area contributed by atoms with E-state index in [1.807, 2.05) is 27.7 Å². The molecule has 0 aromatic rings. The number of ether oxygens (including phenoxy) is 4. The molecular formula is C15H26Br2O4. The number of hydrogen-bond donors (Lipinski definition) is 0. The van der Waals surface area contributed by atoms with Crippen LogP contribution in [0.2, 0.25) is 0 Å². The van der Waals surface area contributed by atoms with E-state index in [1.165, 1.54) is 0 Å². The van der Waals surface area contributed by atoms with E-state index < -0.39 is 11.6 Å². The summed E-state index contributed by atoms with van der Waals surface area (Å²) in [5.41, 5.74) is 0. The van der Waals surface area contributed by atoms with Crippen molar-refractivity contribution in [1.29, 1.82) is 0 Å². The molecule has 0 aromatic heterocycles. The van der Waals surface area contributed by atoms with Gasteiger partial charge in [0.25, 0.3) is 0 Å². The molecule has 2 saturated heterocycles. The van der Waals surface area contributed by atoms with Crippen LogP contribution in [-0.2, 0) is 18.9 Å². The van der Waals surface area contributed by atoms with E-state index in [1.54, 1.807) is 0 Å². The van der Waals surface area contributed by atoms with Gasteiger partial charge < -0.3 is 18.9 Å². The van der Waals surface area contributed by atoms with Gasteiger partial charge in [0.15, 0.2) is 11.6 Å². The summed E-state index contributed by atoms with van der Waals surface area (Å²) in [5, 5.41) is 1.67. The van der Waals surface area contributed by atoms with Gasteiger partial charge in [-0.15, -0.1) is 0 Å². The zero-order valence-corrected chi connectivity index (χ0v) is 16.4. The smallest absolute Gasteiger partial charge is 0.163 e. The zero-order chi connectivity index (χ0) is 15.7. The predicted octanol–water partition coefficient (Wildman–Crippen LogP) is 3.99. The first-order valence-electron chi connectivity index (χ1n) is 7.56. The fourth-order valence-electron chi connectivity index (χ4n) is 3.21. The third kappa shape index (κ3) is 5.43. The van der Waals surface area contributed by atoms with Gasteiger partial charge in [0.2, 0.25) is 0 Å². The molecule has 2 fully saturated rings. The summed E-state index contributed by atoms with van der Waals surface area (Å²) in [5.74, 6) is -1.06. The number of alkyl halides is 2. The van der Waals surface area contributed by atoms with E-state index in [0.29, 0.717) is 0 Å². The summed E-state index contributed by atoms with van der Waals surface area (Å²) in [6, 6.07) is 0. The Bertz CT molecular complexity index is 317. The normalized spacial score (nSPS) is 39.1. The topological polar surface area (TPSA) is 36.9 Å². The Morgan fingerprint density at radius 3 is 1.38 bits per heavy atom. The highest BCUT2D eigenvalue weighted by Gasteiger charge is 2.40. The lowest BCUT2D eigenvalue weighted by Crippen LogP contribution is -2.49. The number of hydrogen-bond acceptors (Lipinski definition) is 4. The van der Waals surface area contributed by atoms with Crippen LogP contribution in [0, 0.1) is 0 Å². The van der Waals surface area contributed by atoms with Crippen molar-refractivity contribution in [2.75, 3.05) is 10.7 Å². The summed E-state index contributed by atoms with van der Waals surface area (Å²) in [4.78, 5) is 0. The van der Waals surface area contributed by atoms with Crippen LogP contribution in [0.3, 0.4) is 0 Å². The molecule has 0 spiro atoms. The van der Waals surface area contributed by atoms with Crippen molar-refractivity contribution in [3.05, 3.63) is 0 Å². The van der Waals surface area contributed by atoms with Crippen molar-refractivity contribution < 1.29 is 18.9 Å². The molecular weight excluding hydrogens is 404 g/mol. The highest BCUT2D eigenvalue weighted by molar-refractivity contribution is 9.09. The Balaban J connectivity index is 1.96. The molecule has 0 N–H and O–H groups in total. The van der Waals surface area contributed by atoms with E-state index in [2.05, 4.69) is 31.9 Å². The second-order valence-corrected chi connectivity index (χ2v) is 8.07. The number of rotatable bonds is 4. The lowest BCUT2D eigenvalue weighted by molar-refractivity contribution is -0.320. The molecule has 0 bridgehead atoms. The van der Waals surface area contributed by atoms with Crippen LogP contribution in [0.15, 0.2) is 0 Å². The van der Waals surface area contributed by atoms with Crippen molar-refractivity contribution >= 4 is 31.9 Å². The fraction of sp³-hybridized carbons (Fsp3) is 1.00. The quantitative estimate of drug-likeness (QED) is 0.633. The lowest BCUT2D eigenvalue weighted by atomic mass is 9.99. The van der Waals surface area contributed by atoms with Crippen LogP contribution in [-0.4, -0.2) is 46.7 Å². The molecule has 0 aliphatic carbocycles. The van der Waals surface area contributed by atoms with Gasteiger partial charge >= 0.3 is 0 Å². The molecule has 0 amide bonds. The minimum atomic E-state index is -0.531. The first-order chi connectivity index (χ1) is 9.73. The van der Waals surface area contributed by atoms with Crippen molar-refractivity contribution in [2.45, 2.75) is 82.9 Å². The van der Waals surface area contributed by atoms with Crippen molar-refractivity contribution in [3.8, 4) is 0 Å². The van der Waals surface area contributed by atoms with Crippen molar-refractivity contribution in [3.63, 3.8) is 0 Å². The Hall–Kier alpha value is 0.800. The predicted molar refractivity (Wildman–Crippen MR) is 89.1 cm³/mol. The Morgan fingerprint density at radius 2 is 1.05 bits per heavy atom. The second kappa shape index (κ2) is 7.14. The molecule has 124 valence electrons. The minimum absolute atomic E-state index is 0.158. The maximum Gasteiger partial charge on any atom is 0.163 e. The van der Waals surface area contributed by atoms with E-state index in [0.717, 1.165) is 29.9 Å². The van der Waals surface area contributed by atoms with Gasteiger partial charge in [-0.3, -0.25) is 0 Å². The highest BCUT2D eigenvalue weighted by Crippen LogP contribution is 2.34. The molecule has 2 aliphatic rings. The summed E-state index contributed by atoms with van der Waals surface area (Å²) in [7, 11) is 0. The standard InChI is InChI=1S/C15H26Br2O4/c1-14(2)18-10(6-12(8-16)20-14)5-11-7-13(9-17)21-15(3,4)19-11/h10-13H,5-9H2,1-4H3/t10-,11-,12+,13+/m0/s1. The minimum Gasteiger partial charge on any atom is -0.347 e. The molecule has 6 heteroatoms. The largest absolute Gasteiger partial charge is 0.347 e. The Kier molecular flexibility index (Phi) is 6.17. The molecule has 4 nitrogen and oxygen atoms in total. The van der Waals surface area contributed by atoms with Crippen LogP contribution in [0.4, 0.5) is 0 Å². The van der Waals surface area contributed by atoms with Gasteiger partial charge in [0.1, 0.15) is 0 Å². The average molecular weight is 430 g/mol. The zero-order valence-electron chi connectivity index (χ0n) is 13.2. The van der Waals surface area contributed by atoms with Crippen LogP contribution in [0.25, 0.3) is 0 Å². The van der Waals surface area contributed by atoms with Crippen LogP contribution < -0.4 is 0 Å². The third-order valence-corrected chi connectivity index (χ3v) is 5.17. The maximum absolute atomic E-state index is 6.07. The Morgan fingerprint density at radius 1 is 0.714 bits per heavy atom. The van der Waals surface area contributed by atoms with E-state index in [9.17, 15) is 0 Å². The summed E-state index contributed by atoms with van der Waals surface area (Å²) < 4.78 is 23.9. The van der Waals surface area contributed by atoms with Gasteiger partial charge in [-0.2, -0.15) is 0 Å². The monoisotopic (exact) mass is 428 g/mol. The van der Waals surface area contributed by atoms with Gasteiger partial charge in [0.05, 0.1) is 24.4 Å². The molecule has 2 rings (SSSR count). The van der Waals surface area contributed by atoms with Crippen LogP contribution in [0.1, 0.15) is 47.0 Å². The SMILES string of the molecule is CC1(C)O[C@@H](C[C@H]2C[C@H](CBr)OC(C)(C)O2)C[C@H](CBr)O1.